The average molecular weight is 158 g/mol. The zero-order valence-electron chi connectivity index (χ0n) is 6.38. The van der Waals surface area contributed by atoms with Gasteiger partial charge in [0.2, 0.25) is 0 Å². The van der Waals surface area contributed by atoms with Gasteiger partial charge in [-0.25, -0.2) is 0 Å². The van der Waals surface area contributed by atoms with E-state index in [2.05, 4.69) is 24.3 Å². The van der Waals surface area contributed by atoms with E-state index >= 15 is 0 Å². The van der Waals surface area contributed by atoms with Crippen LogP contribution in [0.2, 0.25) is 0 Å². The van der Waals surface area contributed by atoms with Gasteiger partial charge in [0.05, 0.1) is 0 Å². The summed E-state index contributed by atoms with van der Waals surface area (Å²) < 4.78 is 0. The lowest BCUT2D eigenvalue weighted by Crippen LogP contribution is -2.10. The molecule has 0 spiro atoms. The Bertz CT molecular complexity index is 277. The summed E-state index contributed by atoms with van der Waals surface area (Å²) in [5.74, 6) is 0. The van der Waals surface area contributed by atoms with Gasteiger partial charge in [-0.1, -0.05) is 42.1 Å². The SMILES string of the molecule is C#C[SiH2]c1ccc(C=C)cc1. The Labute approximate surface area is 69.8 Å². The molecule has 1 aromatic rings. The molecule has 0 amide bonds. The van der Waals surface area contributed by atoms with Gasteiger partial charge in [0.1, 0.15) is 9.52 Å². The highest BCUT2D eigenvalue weighted by Crippen LogP contribution is 1.96. The first-order valence-electron chi connectivity index (χ1n) is 3.51. The van der Waals surface area contributed by atoms with Crippen LogP contribution in [0.25, 0.3) is 6.08 Å². The Morgan fingerprint density at radius 1 is 1.36 bits per heavy atom. The van der Waals surface area contributed by atoms with E-state index in [0.29, 0.717) is 0 Å². The molecule has 0 nitrogen and oxygen atoms in total. The Morgan fingerprint density at radius 2 is 2.00 bits per heavy atom. The van der Waals surface area contributed by atoms with Crippen molar-refractivity contribution in [3.63, 3.8) is 0 Å². The van der Waals surface area contributed by atoms with Crippen molar-refractivity contribution in [3.8, 4) is 12.0 Å². The maximum absolute atomic E-state index is 5.22. The highest BCUT2D eigenvalue weighted by Gasteiger charge is 1.88. The second-order valence-corrected chi connectivity index (χ2v) is 3.90. The molecule has 0 N–H and O–H groups in total. The number of terminal acetylenes is 1. The van der Waals surface area contributed by atoms with Crippen molar-refractivity contribution < 1.29 is 0 Å². The van der Waals surface area contributed by atoms with Crippen molar-refractivity contribution in [2.45, 2.75) is 0 Å². The van der Waals surface area contributed by atoms with Crippen molar-refractivity contribution >= 4 is 20.8 Å². The second-order valence-electron chi connectivity index (χ2n) is 2.33. The summed E-state index contributed by atoms with van der Waals surface area (Å²) in [4.78, 5) is 0. The van der Waals surface area contributed by atoms with Crippen LogP contribution in [0.15, 0.2) is 30.8 Å². The van der Waals surface area contributed by atoms with E-state index in [1.54, 1.807) is 0 Å². The number of rotatable bonds is 2. The quantitative estimate of drug-likeness (QED) is 0.439. The lowest BCUT2D eigenvalue weighted by Gasteiger charge is -1.94. The minimum atomic E-state index is -0.431. The Kier molecular flexibility index (Phi) is 2.71. The molecule has 0 unspecified atom stereocenters. The van der Waals surface area contributed by atoms with Gasteiger partial charge in [-0.05, 0) is 5.56 Å². The van der Waals surface area contributed by atoms with Crippen LogP contribution in [0, 0.1) is 12.0 Å². The first kappa shape index (κ1) is 7.84. The molecule has 0 aromatic heterocycles. The number of hydrogen-bond acceptors (Lipinski definition) is 0. The maximum atomic E-state index is 5.22. The molecule has 0 fully saturated rings. The van der Waals surface area contributed by atoms with Gasteiger partial charge in [-0.15, -0.1) is 12.0 Å². The summed E-state index contributed by atoms with van der Waals surface area (Å²) >= 11 is 0. The van der Waals surface area contributed by atoms with Gasteiger partial charge in [0.15, 0.2) is 0 Å². The molecular formula is C10H10Si. The standard InChI is InChI=1S/C10H10Si/c1-3-9-5-7-10(8-6-9)11-4-2/h2-3,5-8H,1,11H2. The van der Waals surface area contributed by atoms with Gasteiger partial charge < -0.3 is 0 Å². The van der Waals surface area contributed by atoms with Crippen molar-refractivity contribution in [1.29, 1.82) is 0 Å². The lowest BCUT2D eigenvalue weighted by atomic mass is 10.2. The molecule has 0 heterocycles. The maximum Gasteiger partial charge on any atom is 0.137 e. The molecule has 11 heavy (non-hydrogen) atoms. The highest BCUT2D eigenvalue weighted by molar-refractivity contribution is 6.61. The normalized spacial score (nSPS) is 9.73. The van der Waals surface area contributed by atoms with Crippen molar-refractivity contribution in [2.75, 3.05) is 0 Å². The van der Waals surface area contributed by atoms with Crippen LogP contribution in [-0.2, 0) is 0 Å². The van der Waals surface area contributed by atoms with E-state index in [-0.39, 0.29) is 0 Å². The average Bonchev–Trinajstić information content (AvgIpc) is 2.07. The third kappa shape index (κ3) is 2.10. The fourth-order valence-corrected chi connectivity index (χ4v) is 1.60. The van der Waals surface area contributed by atoms with Gasteiger partial charge >= 0.3 is 0 Å². The minimum Gasteiger partial charge on any atom is -0.137 e. The zero-order chi connectivity index (χ0) is 8.10. The van der Waals surface area contributed by atoms with Gasteiger partial charge in [0.25, 0.3) is 0 Å². The summed E-state index contributed by atoms with van der Waals surface area (Å²) in [5, 5.41) is 1.32. The Hall–Kier alpha value is -1.26. The molecule has 0 saturated heterocycles. The Morgan fingerprint density at radius 3 is 2.45 bits per heavy atom. The molecule has 1 rings (SSSR count). The number of hydrogen-bond donors (Lipinski definition) is 0. The predicted molar refractivity (Wildman–Crippen MR) is 53.5 cm³/mol. The van der Waals surface area contributed by atoms with E-state index in [9.17, 15) is 0 Å². The summed E-state index contributed by atoms with van der Waals surface area (Å²) in [6.07, 6.45) is 7.06. The summed E-state index contributed by atoms with van der Waals surface area (Å²) in [5.41, 5.74) is 3.89. The smallest absolute Gasteiger partial charge is 0.137 e. The largest absolute Gasteiger partial charge is 0.137 e. The summed E-state index contributed by atoms with van der Waals surface area (Å²) in [6.45, 7) is 3.68. The van der Waals surface area contributed by atoms with Crippen LogP contribution in [0.5, 0.6) is 0 Å². The van der Waals surface area contributed by atoms with Crippen LogP contribution in [-0.4, -0.2) is 9.52 Å². The van der Waals surface area contributed by atoms with Gasteiger partial charge in [-0.3, -0.25) is 0 Å². The van der Waals surface area contributed by atoms with E-state index in [1.165, 1.54) is 5.19 Å². The Balaban J connectivity index is 2.84. The molecule has 54 valence electrons. The first-order valence-corrected chi connectivity index (χ1v) is 4.93. The molecule has 0 bridgehead atoms. The molecule has 0 aliphatic heterocycles. The van der Waals surface area contributed by atoms with Crippen LogP contribution >= 0.6 is 0 Å². The van der Waals surface area contributed by atoms with E-state index < -0.39 is 9.52 Å². The van der Waals surface area contributed by atoms with Gasteiger partial charge in [0, 0.05) is 0 Å². The van der Waals surface area contributed by atoms with Crippen molar-refractivity contribution in [1.82, 2.24) is 0 Å². The van der Waals surface area contributed by atoms with Crippen LogP contribution in [0.4, 0.5) is 0 Å². The third-order valence-electron chi connectivity index (χ3n) is 1.52. The van der Waals surface area contributed by atoms with Gasteiger partial charge in [-0.2, -0.15) is 0 Å². The molecule has 0 atom stereocenters. The molecule has 0 saturated carbocycles. The van der Waals surface area contributed by atoms with E-state index in [1.807, 2.05) is 18.2 Å². The second kappa shape index (κ2) is 3.80. The molecule has 0 radical (unpaired) electrons. The molecule has 1 heteroatoms. The molecule has 1 aromatic carbocycles. The van der Waals surface area contributed by atoms with Crippen molar-refractivity contribution in [2.24, 2.45) is 0 Å². The predicted octanol–water partition coefficient (Wildman–Crippen LogP) is 0.714. The zero-order valence-corrected chi connectivity index (χ0v) is 7.79. The lowest BCUT2D eigenvalue weighted by molar-refractivity contribution is 1.71. The monoisotopic (exact) mass is 158 g/mol. The summed E-state index contributed by atoms with van der Waals surface area (Å²) in [7, 11) is -0.431. The fourth-order valence-electron chi connectivity index (χ4n) is 0.889. The molecule has 0 aliphatic rings. The van der Waals surface area contributed by atoms with E-state index in [0.717, 1.165) is 5.56 Å². The molecular weight excluding hydrogens is 148 g/mol. The van der Waals surface area contributed by atoms with Crippen LogP contribution in [0.1, 0.15) is 5.56 Å². The van der Waals surface area contributed by atoms with Crippen LogP contribution in [0.3, 0.4) is 0 Å². The fraction of sp³-hybridized carbons (Fsp3) is 0. The summed E-state index contributed by atoms with van der Waals surface area (Å²) in [6, 6.07) is 8.27. The third-order valence-corrected chi connectivity index (χ3v) is 2.61. The first-order chi connectivity index (χ1) is 5.36. The minimum absolute atomic E-state index is 0.431. The number of benzene rings is 1. The van der Waals surface area contributed by atoms with Crippen LogP contribution < -0.4 is 5.19 Å². The van der Waals surface area contributed by atoms with Crippen molar-refractivity contribution in [3.05, 3.63) is 36.4 Å². The topological polar surface area (TPSA) is 0 Å². The molecule has 0 aliphatic carbocycles. The van der Waals surface area contributed by atoms with E-state index in [4.69, 9.17) is 6.42 Å². The highest BCUT2D eigenvalue weighted by atomic mass is 28.2.